The van der Waals surface area contributed by atoms with Gasteiger partial charge in [0.05, 0.1) is 37.9 Å². The molecule has 1 heterocycles. The zero-order valence-electron chi connectivity index (χ0n) is 24.5. The second-order valence-corrected chi connectivity index (χ2v) is 11.8. The first kappa shape index (κ1) is 32.7. The van der Waals surface area contributed by atoms with Crippen LogP contribution in [0.15, 0.2) is 95.6 Å². The van der Waals surface area contributed by atoms with Crippen LogP contribution in [0.4, 0.5) is 0 Å². The summed E-state index contributed by atoms with van der Waals surface area (Å²) in [6.45, 7) is -0.345. The molecule has 0 aromatic heterocycles. The molecule has 0 saturated heterocycles. The largest absolute Gasteiger partial charge is 0.497 e. The Morgan fingerprint density at radius 1 is 0.977 bits per heavy atom. The van der Waals surface area contributed by atoms with Gasteiger partial charge in [0.2, 0.25) is 16.3 Å². The summed E-state index contributed by atoms with van der Waals surface area (Å²) in [7, 11) is -1.14. The summed E-state index contributed by atoms with van der Waals surface area (Å²) in [5.74, 6) is -0.603. The first-order chi connectivity index (χ1) is 21.2. The minimum absolute atomic E-state index is 0.0523. The molecule has 2 N–H and O–H groups in total. The quantitative estimate of drug-likeness (QED) is 0.259. The lowest BCUT2D eigenvalue weighted by atomic mass is 9.92. The molecule has 44 heavy (non-hydrogen) atoms. The fourth-order valence-corrected chi connectivity index (χ4v) is 6.06. The van der Waals surface area contributed by atoms with Crippen molar-refractivity contribution in [2.24, 2.45) is 0 Å². The molecule has 2 atom stereocenters. The van der Waals surface area contributed by atoms with E-state index in [0.717, 1.165) is 15.4 Å². The number of aliphatic hydroxyl groups excluding tert-OH is 1. The van der Waals surface area contributed by atoms with E-state index in [4.69, 9.17) is 18.9 Å². The Morgan fingerprint density at radius 2 is 1.68 bits per heavy atom. The van der Waals surface area contributed by atoms with Crippen molar-refractivity contribution in [2.75, 3.05) is 40.5 Å². The Kier molecular flexibility index (Phi) is 11.5. The number of ether oxygens (including phenoxy) is 4. The van der Waals surface area contributed by atoms with Crippen molar-refractivity contribution in [3.63, 3.8) is 0 Å². The van der Waals surface area contributed by atoms with Crippen molar-refractivity contribution in [1.82, 2.24) is 9.62 Å². The highest BCUT2D eigenvalue weighted by atomic mass is 32.2. The van der Waals surface area contributed by atoms with Gasteiger partial charge in [0.15, 0.2) is 5.76 Å². The van der Waals surface area contributed by atoms with Crippen molar-refractivity contribution < 1.29 is 42.1 Å². The second kappa shape index (κ2) is 15.5. The molecule has 0 unspecified atom stereocenters. The van der Waals surface area contributed by atoms with Gasteiger partial charge in [-0.25, -0.2) is 13.2 Å². The van der Waals surface area contributed by atoms with Crippen molar-refractivity contribution >= 4 is 21.9 Å². The number of carbonyl (C=O) groups is 2. The minimum Gasteiger partial charge on any atom is -0.497 e. The van der Waals surface area contributed by atoms with Gasteiger partial charge in [0.1, 0.15) is 5.75 Å². The van der Waals surface area contributed by atoms with Crippen LogP contribution in [0, 0.1) is 0 Å². The standard InChI is InChI=1S/C32H36N2O9S/c1-40-27-12-14-28(15-13-27)44(38,39)34(16-18-35)17-19-42-30-21-26(24-8-10-25(11-9-24)32(37)41-2)20-29(43-30)31(36)33-22-23-6-4-3-5-7-23/h3-15,20,26,30,35H,16-19,21-22H2,1-2H3,(H,33,36)/t26-,30+/m1/s1. The third kappa shape index (κ3) is 8.44. The lowest BCUT2D eigenvalue weighted by molar-refractivity contribution is -0.146. The van der Waals surface area contributed by atoms with Crippen LogP contribution in [-0.4, -0.2) is 76.5 Å². The van der Waals surface area contributed by atoms with Crippen molar-refractivity contribution in [1.29, 1.82) is 0 Å². The van der Waals surface area contributed by atoms with E-state index in [-0.39, 0.29) is 42.9 Å². The number of amides is 1. The summed E-state index contributed by atoms with van der Waals surface area (Å²) in [5, 5.41) is 12.4. The third-order valence-corrected chi connectivity index (χ3v) is 8.94. The Hall–Kier alpha value is -4.23. The van der Waals surface area contributed by atoms with Crippen LogP contribution in [0.3, 0.4) is 0 Å². The molecular weight excluding hydrogens is 588 g/mol. The molecule has 0 spiro atoms. The van der Waals surface area contributed by atoms with Crippen molar-refractivity contribution in [3.05, 3.63) is 107 Å². The van der Waals surface area contributed by atoms with Crippen LogP contribution in [0.5, 0.6) is 5.75 Å². The highest BCUT2D eigenvalue weighted by Crippen LogP contribution is 2.32. The number of esters is 1. The Balaban J connectivity index is 1.47. The third-order valence-electron chi connectivity index (χ3n) is 7.03. The van der Waals surface area contributed by atoms with E-state index in [1.807, 2.05) is 30.3 Å². The number of nitrogens with zero attached hydrogens (tertiary/aromatic N) is 1. The summed E-state index contributed by atoms with van der Waals surface area (Å²) < 4.78 is 49.4. The zero-order chi connectivity index (χ0) is 31.5. The van der Waals surface area contributed by atoms with Crippen LogP contribution in [0.2, 0.25) is 0 Å². The van der Waals surface area contributed by atoms with E-state index >= 15 is 0 Å². The normalized spacial score (nSPS) is 16.5. The lowest BCUT2D eigenvalue weighted by Gasteiger charge is -2.30. The van der Waals surface area contributed by atoms with Gasteiger partial charge in [-0.15, -0.1) is 0 Å². The molecule has 1 aliphatic heterocycles. The predicted octanol–water partition coefficient (Wildman–Crippen LogP) is 3.21. The van der Waals surface area contributed by atoms with Gasteiger partial charge >= 0.3 is 5.97 Å². The Morgan fingerprint density at radius 3 is 2.32 bits per heavy atom. The number of hydrogen-bond donors (Lipinski definition) is 2. The molecular formula is C32H36N2O9S. The molecule has 0 fully saturated rings. The highest BCUT2D eigenvalue weighted by Gasteiger charge is 2.30. The van der Waals surface area contributed by atoms with Crippen LogP contribution in [-0.2, 0) is 35.6 Å². The number of aliphatic hydroxyl groups is 1. The van der Waals surface area contributed by atoms with Crippen LogP contribution in [0.1, 0.15) is 33.8 Å². The van der Waals surface area contributed by atoms with Gasteiger partial charge in [-0.2, -0.15) is 4.31 Å². The molecule has 0 bridgehead atoms. The average Bonchev–Trinajstić information content (AvgIpc) is 3.06. The molecule has 11 nitrogen and oxygen atoms in total. The van der Waals surface area contributed by atoms with Gasteiger partial charge in [-0.05, 0) is 53.6 Å². The average molecular weight is 625 g/mol. The maximum atomic E-state index is 13.3. The van der Waals surface area contributed by atoms with Crippen LogP contribution in [0.25, 0.3) is 0 Å². The van der Waals surface area contributed by atoms with Crippen LogP contribution < -0.4 is 10.1 Å². The Labute approximate surface area is 257 Å². The molecule has 12 heteroatoms. The SMILES string of the molecule is COC(=O)c1ccc([C@@H]2C=C(C(=O)NCc3ccccc3)O[C@H](OCCN(CCO)S(=O)(=O)c3ccc(OC)cc3)C2)cc1. The Bertz CT molecular complexity index is 1530. The van der Waals surface area contributed by atoms with E-state index in [1.54, 1.807) is 42.5 Å². The van der Waals surface area contributed by atoms with Crippen molar-refractivity contribution in [3.8, 4) is 5.75 Å². The van der Waals surface area contributed by atoms with Gasteiger partial charge in [-0.1, -0.05) is 42.5 Å². The molecule has 0 saturated carbocycles. The summed E-state index contributed by atoms with van der Waals surface area (Å²) in [4.78, 5) is 25.1. The maximum absolute atomic E-state index is 13.3. The van der Waals surface area contributed by atoms with E-state index in [1.165, 1.54) is 26.4 Å². The minimum atomic E-state index is -3.93. The molecule has 1 aliphatic rings. The first-order valence-electron chi connectivity index (χ1n) is 14.0. The summed E-state index contributed by atoms with van der Waals surface area (Å²) in [6.07, 6.45) is 1.17. The first-order valence-corrected chi connectivity index (χ1v) is 15.4. The summed E-state index contributed by atoms with van der Waals surface area (Å²) in [5.41, 5.74) is 2.14. The molecule has 234 valence electrons. The number of carbonyl (C=O) groups excluding carboxylic acids is 2. The van der Waals surface area contributed by atoms with E-state index < -0.39 is 28.2 Å². The van der Waals surface area contributed by atoms with Gasteiger partial charge in [0, 0.05) is 32.0 Å². The number of sulfonamides is 1. The van der Waals surface area contributed by atoms with E-state index in [0.29, 0.717) is 24.3 Å². The molecule has 3 aromatic rings. The smallest absolute Gasteiger partial charge is 0.337 e. The lowest BCUT2D eigenvalue weighted by Crippen LogP contribution is -2.38. The molecule has 3 aromatic carbocycles. The molecule has 4 rings (SSSR count). The fraction of sp³-hybridized carbons (Fsp3) is 0.312. The number of allylic oxidation sites excluding steroid dienone is 1. The molecule has 1 amide bonds. The number of methoxy groups -OCH3 is 2. The monoisotopic (exact) mass is 624 g/mol. The fourth-order valence-electron chi connectivity index (χ4n) is 4.65. The molecule has 0 radical (unpaired) electrons. The molecule has 0 aliphatic carbocycles. The maximum Gasteiger partial charge on any atom is 0.337 e. The second-order valence-electron chi connectivity index (χ2n) is 9.88. The number of hydrogen-bond acceptors (Lipinski definition) is 9. The van der Waals surface area contributed by atoms with Gasteiger partial charge in [0.25, 0.3) is 5.91 Å². The number of rotatable bonds is 14. The zero-order valence-corrected chi connectivity index (χ0v) is 25.4. The van der Waals surface area contributed by atoms with Crippen molar-refractivity contribution in [2.45, 2.75) is 30.1 Å². The summed E-state index contributed by atoms with van der Waals surface area (Å²) >= 11 is 0. The predicted molar refractivity (Wildman–Crippen MR) is 161 cm³/mol. The topological polar surface area (TPSA) is 141 Å². The van der Waals surface area contributed by atoms with Crippen LogP contribution >= 0.6 is 0 Å². The summed E-state index contributed by atoms with van der Waals surface area (Å²) in [6, 6.07) is 22.2. The highest BCUT2D eigenvalue weighted by molar-refractivity contribution is 7.89. The van der Waals surface area contributed by atoms with Gasteiger partial charge in [-0.3, -0.25) is 4.79 Å². The number of benzene rings is 3. The van der Waals surface area contributed by atoms with E-state index in [9.17, 15) is 23.1 Å². The van der Waals surface area contributed by atoms with Gasteiger partial charge < -0.3 is 29.4 Å². The number of nitrogens with one attached hydrogen (secondary N) is 1. The van der Waals surface area contributed by atoms with E-state index in [2.05, 4.69) is 5.32 Å².